The summed E-state index contributed by atoms with van der Waals surface area (Å²) in [5.41, 5.74) is 0.172. The monoisotopic (exact) mass is 175 g/mol. The summed E-state index contributed by atoms with van der Waals surface area (Å²) in [6.07, 6.45) is 0. The van der Waals surface area contributed by atoms with Gasteiger partial charge in [0, 0.05) is 21.8 Å². The molecule has 2 aromatic carbocycles. The van der Waals surface area contributed by atoms with Gasteiger partial charge in [0.25, 0.3) is 0 Å². The molecule has 3 aromatic rings. The first-order valence-corrected chi connectivity index (χ1v) is 3.75. The fraction of sp³-hybridized carbons (Fsp3) is 0. The van der Waals surface area contributed by atoms with Crippen molar-refractivity contribution in [2.45, 2.75) is 0 Å². The van der Waals surface area contributed by atoms with Crippen LogP contribution in [0.4, 0.5) is 0 Å². The van der Waals surface area contributed by atoms with Crippen LogP contribution in [0.1, 0.15) is 11.0 Å². The van der Waals surface area contributed by atoms with Gasteiger partial charge in [-0.15, -0.1) is 0 Å². The van der Waals surface area contributed by atoms with Crippen molar-refractivity contribution >= 4 is 21.8 Å². The van der Waals surface area contributed by atoms with E-state index in [0.717, 1.165) is 0 Å². The molecule has 0 bridgehead atoms. The molecule has 1 heteroatoms. The van der Waals surface area contributed by atoms with Crippen molar-refractivity contribution in [1.29, 1.82) is 0 Å². The number of para-hydroxylation sites is 2. The lowest BCUT2D eigenvalue weighted by molar-refractivity contribution is 1.55. The second-order valence-corrected chi connectivity index (χ2v) is 2.62. The van der Waals surface area contributed by atoms with Gasteiger partial charge in [-0.1, -0.05) is 36.3 Å². The molecule has 13 heavy (non-hydrogen) atoms. The van der Waals surface area contributed by atoms with Gasteiger partial charge in [-0.25, -0.2) is 0 Å². The van der Waals surface area contributed by atoms with Gasteiger partial charge >= 0.3 is 0 Å². The Labute approximate surface area is 87.2 Å². The van der Waals surface area contributed by atoms with E-state index in [-0.39, 0.29) is 46.0 Å². The molecule has 1 N–H and O–H groups in total. The molecule has 0 atom stereocenters. The first-order valence-electron chi connectivity index (χ1n) is 7.75. The molecule has 0 amide bonds. The van der Waals surface area contributed by atoms with E-state index < -0.39 is 24.2 Å². The van der Waals surface area contributed by atoms with E-state index in [1.165, 1.54) is 0 Å². The number of fused-ring (bicyclic) bond motifs is 3. The second-order valence-electron chi connectivity index (χ2n) is 2.62. The predicted molar refractivity (Wildman–Crippen MR) is 55.8 cm³/mol. The molecule has 0 spiro atoms. The Bertz CT molecular complexity index is 853. The van der Waals surface area contributed by atoms with Gasteiger partial charge in [0.15, 0.2) is 0 Å². The van der Waals surface area contributed by atoms with E-state index in [4.69, 9.17) is 11.0 Å². The van der Waals surface area contributed by atoms with Crippen molar-refractivity contribution in [1.82, 2.24) is 4.98 Å². The Kier molecular flexibility index (Phi) is 0.475. The van der Waals surface area contributed by atoms with Crippen LogP contribution in [-0.4, -0.2) is 4.98 Å². The predicted octanol–water partition coefficient (Wildman–Crippen LogP) is 3.32. The van der Waals surface area contributed by atoms with E-state index in [2.05, 4.69) is 4.98 Å². The molecule has 1 aromatic heterocycles. The molecule has 0 fully saturated rings. The molecule has 3 rings (SSSR count). The van der Waals surface area contributed by atoms with E-state index in [0.29, 0.717) is 0 Å². The van der Waals surface area contributed by atoms with Crippen LogP contribution < -0.4 is 0 Å². The molecule has 0 radical (unpaired) electrons. The summed E-state index contributed by atoms with van der Waals surface area (Å²) >= 11 is 0. The van der Waals surface area contributed by atoms with Gasteiger partial charge in [0.2, 0.25) is 0 Å². The minimum atomic E-state index is -0.430. The van der Waals surface area contributed by atoms with Crippen LogP contribution in [0.25, 0.3) is 21.8 Å². The molecule has 1 heterocycles. The van der Waals surface area contributed by atoms with Gasteiger partial charge < -0.3 is 4.98 Å². The van der Waals surface area contributed by atoms with Crippen LogP contribution in [0.15, 0.2) is 48.3 Å². The molecule has 62 valence electrons. The van der Waals surface area contributed by atoms with Crippen LogP contribution in [0, 0.1) is 0 Å². The second kappa shape index (κ2) is 2.36. The molecular weight excluding hydrogens is 158 g/mol. The van der Waals surface area contributed by atoms with Crippen LogP contribution in [0.5, 0.6) is 0 Å². The zero-order valence-corrected chi connectivity index (χ0v) is 6.50. The topological polar surface area (TPSA) is 15.8 Å². The molecule has 0 unspecified atom stereocenters. The lowest BCUT2D eigenvalue weighted by atomic mass is 10.2. The summed E-state index contributed by atoms with van der Waals surface area (Å²) in [5.74, 6) is 0. The van der Waals surface area contributed by atoms with Crippen molar-refractivity contribution < 1.29 is 11.0 Å². The zero-order chi connectivity index (χ0) is 15.6. The Hall–Kier alpha value is -1.76. The molecule has 0 aliphatic carbocycles. The molecule has 0 saturated carbocycles. The Morgan fingerprint density at radius 1 is 0.769 bits per heavy atom. The highest BCUT2D eigenvalue weighted by Gasteiger charge is 2.00. The first-order chi connectivity index (χ1) is 9.77. The van der Waals surface area contributed by atoms with Crippen molar-refractivity contribution in [3.63, 3.8) is 0 Å². The highest BCUT2D eigenvalue weighted by molar-refractivity contribution is 6.06. The van der Waals surface area contributed by atoms with Gasteiger partial charge in [-0.3, -0.25) is 0 Å². The fourth-order valence-corrected chi connectivity index (χ4v) is 1.31. The van der Waals surface area contributed by atoms with Crippen LogP contribution >= 0.6 is 0 Å². The maximum atomic E-state index is 7.95. The smallest absolute Gasteiger partial charge is 0.0645 e. The first kappa shape index (κ1) is 2.61. The summed E-state index contributed by atoms with van der Waals surface area (Å²) in [7, 11) is 0. The van der Waals surface area contributed by atoms with Crippen molar-refractivity contribution in [3.8, 4) is 0 Å². The summed E-state index contributed by atoms with van der Waals surface area (Å²) in [6.45, 7) is 0. The van der Waals surface area contributed by atoms with Crippen LogP contribution in [-0.2, 0) is 0 Å². The molecular formula is C12H9N. The highest BCUT2D eigenvalue weighted by Crippen LogP contribution is 2.24. The Morgan fingerprint density at radius 2 is 1.23 bits per heavy atom. The molecule has 0 aliphatic heterocycles. The Balaban J connectivity index is 2.73. The van der Waals surface area contributed by atoms with Gasteiger partial charge in [0.05, 0.1) is 11.0 Å². The standard InChI is InChI=1S/C12H9N/c1-3-7-11-9(5-1)10-6-2-4-8-12(10)13-11/h1-8,13H/i1D,2D,3D,4D,5D,6D,7D,8D. The number of aromatic nitrogens is 1. The number of hydrogen-bond acceptors (Lipinski definition) is 0. The zero-order valence-electron chi connectivity index (χ0n) is 14.5. The quantitative estimate of drug-likeness (QED) is 0.539. The Morgan fingerprint density at radius 3 is 1.77 bits per heavy atom. The fourth-order valence-electron chi connectivity index (χ4n) is 1.31. The number of benzene rings is 2. The molecule has 1 nitrogen and oxygen atoms in total. The normalized spacial score (nSPS) is 19.7. The van der Waals surface area contributed by atoms with Crippen LogP contribution in [0.3, 0.4) is 0 Å². The maximum absolute atomic E-state index is 7.95. The third-order valence-electron chi connectivity index (χ3n) is 1.88. The number of rotatable bonds is 0. The number of H-pyrrole nitrogens is 1. The average molecular weight is 175 g/mol. The number of nitrogens with one attached hydrogen (secondary N) is 1. The van der Waals surface area contributed by atoms with E-state index in [1.807, 2.05) is 0 Å². The largest absolute Gasteiger partial charge is 0.355 e. The van der Waals surface area contributed by atoms with E-state index in [9.17, 15) is 0 Å². The minimum absolute atomic E-state index is 0.0861. The molecule has 0 saturated heterocycles. The summed E-state index contributed by atoms with van der Waals surface area (Å²) in [6, 6.07) is -2.90. The lowest BCUT2D eigenvalue weighted by Crippen LogP contribution is -1.62. The average Bonchev–Trinajstić information content (AvgIpc) is 2.87. The lowest BCUT2D eigenvalue weighted by Gasteiger charge is -1.87. The summed E-state index contributed by atoms with van der Waals surface area (Å²) < 4.78 is 62.3. The number of hydrogen-bond donors (Lipinski definition) is 1. The maximum Gasteiger partial charge on any atom is 0.0645 e. The summed E-state index contributed by atoms with van der Waals surface area (Å²) in [4.78, 5) is 2.71. The van der Waals surface area contributed by atoms with Crippen molar-refractivity contribution in [3.05, 3.63) is 48.3 Å². The third kappa shape index (κ3) is 0.872. The van der Waals surface area contributed by atoms with Gasteiger partial charge in [0.1, 0.15) is 0 Å². The third-order valence-corrected chi connectivity index (χ3v) is 1.88. The minimum Gasteiger partial charge on any atom is -0.355 e. The molecule has 0 aliphatic rings. The SMILES string of the molecule is [2H]c1c([2H])c([2H])c2c([nH]c3c([2H])c([2H])c([2H])c([2H])c32)c1[2H]. The van der Waals surface area contributed by atoms with Gasteiger partial charge in [-0.05, 0) is 12.1 Å². The summed E-state index contributed by atoms with van der Waals surface area (Å²) in [5, 5.41) is 0.172. The van der Waals surface area contributed by atoms with Crippen molar-refractivity contribution in [2.75, 3.05) is 0 Å². The highest BCUT2D eigenvalue weighted by atomic mass is 14.7. The van der Waals surface area contributed by atoms with E-state index >= 15 is 0 Å². The van der Waals surface area contributed by atoms with E-state index in [1.54, 1.807) is 0 Å². The van der Waals surface area contributed by atoms with Gasteiger partial charge in [-0.2, -0.15) is 0 Å². The van der Waals surface area contributed by atoms with Crippen LogP contribution in [0.2, 0.25) is 0 Å². The number of aromatic amines is 1. The van der Waals surface area contributed by atoms with Crippen molar-refractivity contribution in [2.24, 2.45) is 0 Å².